The van der Waals surface area contributed by atoms with Gasteiger partial charge in [0.2, 0.25) is 5.91 Å². The van der Waals surface area contributed by atoms with E-state index in [0.29, 0.717) is 28.4 Å². The van der Waals surface area contributed by atoms with E-state index in [-0.39, 0.29) is 24.7 Å². The molecule has 29 heavy (non-hydrogen) atoms. The summed E-state index contributed by atoms with van der Waals surface area (Å²) in [5, 5.41) is 3.69. The van der Waals surface area contributed by atoms with Crippen LogP contribution in [0.25, 0.3) is 16.7 Å². The fourth-order valence-electron chi connectivity index (χ4n) is 3.25. The fourth-order valence-corrected chi connectivity index (χ4v) is 3.25. The molecule has 2 aromatic carbocycles. The summed E-state index contributed by atoms with van der Waals surface area (Å²) in [5.74, 6) is 0.861. The molecule has 0 aliphatic heterocycles. The molecular formula is C22H20FN3O3. The van der Waals surface area contributed by atoms with Crippen LogP contribution in [0.1, 0.15) is 17.0 Å². The molecule has 0 bridgehead atoms. The molecule has 2 aromatic heterocycles. The molecule has 148 valence electrons. The third kappa shape index (κ3) is 3.85. The lowest BCUT2D eigenvalue weighted by Crippen LogP contribution is -2.24. The quantitative estimate of drug-likeness (QED) is 0.539. The number of methoxy groups -OCH3 is 1. The zero-order chi connectivity index (χ0) is 20.4. The molecule has 0 atom stereocenters. The number of carbonyl (C=O) groups is 1. The number of amides is 1. The van der Waals surface area contributed by atoms with Crippen molar-refractivity contribution in [3.05, 3.63) is 77.8 Å². The number of benzene rings is 2. The number of fused-ring (bicyclic) bond motifs is 1. The van der Waals surface area contributed by atoms with Gasteiger partial charge in [0.05, 0.1) is 25.5 Å². The predicted molar refractivity (Wildman–Crippen MR) is 107 cm³/mol. The van der Waals surface area contributed by atoms with E-state index in [9.17, 15) is 9.18 Å². The van der Waals surface area contributed by atoms with Crippen molar-refractivity contribution in [2.45, 2.75) is 19.9 Å². The molecule has 0 unspecified atom stereocenters. The summed E-state index contributed by atoms with van der Waals surface area (Å²) in [6.45, 7) is 2.05. The minimum absolute atomic E-state index is 0.168. The molecule has 0 spiro atoms. The number of furan rings is 1. The van der Waals surface area contributed by atoms with Crippen molar-refractivity contribution in [3.8, 4) is 11.4 Å². The van der Waals surface area contributed by atoms with Gasteiger partial charge in [-0.15, -0.1) is 0 Å². The maximum absolute atomic E-state index is 14.5. The summed E-state index contributed by atoms with van der Waals surface area (Å²) in [4.78, 5) is 16.5. The lowest BCUT2D eigenvalue weighted by atomic mass is 10.1. The number of aryl methyl sites for hydroxylation is 1. The van der Waals surface area contributed by atoms with Crippen molar-refractivity contribution in [2.24, 2.45) is 0 Å². The molecule has 6 nitrogen and oxygen atoms in total. The largest absolute Gasteiger partial charge is 0.497 e. The number of ether oxygens (including phenoxy) is 1. The van der Waals surface area contributed by atoms with Crippen molar-refractivity contribution in [3.63, 3.8) is 0 Å². The van der Waals surface area contributed by atoms with Crippen molar-refractivity contribution in [1.82, 2.24) is 14.9 Å². The fraction of sp³-hybridized carbons (Fsp3) is 0.182. The van der Waals surface area contributed by atoms with Gasteiger partial charge in [-0.2, -0.15) is 0 Å². The van der Waals surface area contributed by atoms with Gasteiger partial charge in [-0.3, -0.25) is 4.79 Å². The third-order valence-electron chi connectivity index (χ3n) is 4.80. The molecule has 4 rings (SSSR count). The Kier molecular flexibility index (Phi) is 5.03. The first kappa shape index (κ1) is 18.7. The average Bonchev–Trinajstić information content (AvgIpc) is 3.32. The van der Waals surface area contributed by atoms with Crippen LogP contribution in [0, 0.1) is 12.7 Å². The van der Waals surface area contributed by atoms with E-state index in [4.69, 9.17) is 9.15 Å². The second-order valence-corrected chi connectivity index (χ2v) is 6.71. The summed E-state index contributed by atoms with van der Waals surface area (Å²) in [6.07, 6.45) is 5.08. The van der Waals surface area contributed by atoms with Gasteiger partial charge in [-0.25, -0.2) is 9.37 Å². The van der Waals surface area contributed by atoms with Crippen LogP contribution in [0.2, 0.25) is 0 Å². The van der Waals surface area contributed by atoms with E-state index in [1.165, 1.54) is 6.07 Å². The second kappa shape index (κ2) is 7.79. The molecule has 4 aromatic rings. The minimum atomic E-state index is -0.368. The van der Waals surface area contributed by atoms with Crippen molar-refractivity contribution in [2.75, 3.05) is 7.11 Å². The van der Waals surface area contributed by atoms with Gasteiger partial charge in [0.25, 0.3) is 0 Å². The molecule has 0 aliphatic rings. The number of carbonyl (C=O) groups excluding carboxylic acids is 1. The van der Waals surface area contributed by atoms with Crippen LogP contribution in [0.4, 0.5) is 4.39 Å². The molecule has 7 heteroatoms. The number of nitrogens with zero attached hydrogens (tertiary/aromatic N) is 2. The summed E-state index contributed by atoms with van der Waals surface area (Å²) < 4.78 is 26.8. The van der Waals surface area contributed by atoms with Crippen LogP contribution >= 0.6 is 0 Å². The van der Waals surface area contributed by atoms with Crippen LogP contribution in [-0.4, -0.2) is 22.6 Å². The Labute approximate surface area is 166 Å². The predicted octanol–water partition coefficient (Wildman–Crippen LogP) is 3.93. The van der Waals surface area contributed by atoms with Gasteiger partial charge >= 0.3 is 0 Å². The minimum Gasteiger partial charge on any atom is -0.497 e. The average molecular weight is 393 g/mol. The number of rotatable bonds is 6. The zero-order valence-electron chi connectivity index (χ0n) is 16.1. The van der Waals surface area contributed by atoms with Crippen LogP contribution in [0.5, 0.6) is 5.75 Å². The topological polar surface area (TPSA) is 69.3 Å². The Morgan fingerprint density at radius 3 is 2.86 bits per heavy atom. The Morgan fingerprint density at radius 2 is 2.14 bits per heavy atom. The first-order chi connectivity index (χ1) is 14.0. The van der Waals surface area contributed by atoms with Gasteiger partial charge < -0.3 is 19.0 Å². The van der Waals surface area contributed by atoms with Crippen LogP contribution < -0.4 is 10.1 Å². The molecule has 0 fully saturated rings. The van der Waals surface area contributed by atoms with E-state index in [1.54, 1.807) is 48.5 Å². The lowest BCUT2D eigenvalue weighted by Gasteiger charge is -2.09. The summed E-state index contributed by atoms with van der Waals surface area (Å²) >= 11 is 0. The monoisotopic (exact) mass is 393 g/mol. The molecule has 1 N–H and O–H groups in total. The van der Waals surface area contributed by atoms with Crippen molar-refractivity contribution < 1.29 is 18.3 Å². The summed E-state index contributed by atoms with van der Waals surface area (Å²) in [7, 11) is 1.59. The maximum Gasteiger partial charge on any atom is 0.224 e. The number of halogens is 1. The summed E-state index contributed by atoms with van der Waals surface area (Å²) in [5.41, 5.74) is 2.56. The van der Waals surface area contributed by atoms with Crippen LogP contribution in [-0.2, 0) is 17.8 Å². The van der Waals surface area contributed by atoms with E-state index in [2.05, 4.69) is 10.3 Å². The second-order valence-electron chi connectivity index (χ2n) is 6.71. The molecule has 1 amide bonds. The standard InChI is InChI=1S/C22H20FN3O3/c1-14-24-7-8-26(14)20-6-3-15(9-19(20)23)12-25-22(27)10-16-13-29-21-11-17(28-2)4-5-18(16)21/h3-9,11,13H,10,12H2,1-2H3,(H,25,27). The highest BCUT2D eigenvalue weighted by Gasteiger charge is 2.12. The maximum atomic E-state index is 14.5. The zero-order valence-corrected chi connectivity index (χ0v) is 16.1. The van der Waals surface area contributed by atoms with E-state index in [1.807, 2.05) is 19.1 Å². The molecule has 0 saturated carbocycles. The first-order valence-electron chi connectivity index (χ1n) is 9.14. The van der Waals surface area contributed by atoms with Crippen molar-refractivity contribution >= 4 is 16.9 Å². The Morgan fingerprint density at radius 1 is 1.28 bits per heavy atom. The number of hydrogen-bond acceptors (Lipinski definition) is 4. The summed E-state index contributed by atoms with van der Waals surface area (Å²) in [6, 6.07) is 10.4. The van der Waals surface area contributed by atoms with E-state index >= 15 is 0 Å². The van der Waals surface area contributed by atoms with Gasteiger partial charge in [-0.1, -0.05) is 6.07 Å². The Hall–Kier alpha value is -3.61. The highest BCUT2D eigenvalue weighted by Crippen LogP contribution is 2.26. The normalized spacial score (nSPS) is 11.0. The lowest BCUT2D eigenvalue weighted by molar-refractivity contribution is -0.120. The highest BCUT2D eigenvalue weighted by atomic mass is 19.1. The smallest absolute Gasteiger partial charge is 0.224 e. The molecule has 2 heterocycles. The van der Waals surface area contributed by atoms with Crippen molar-refractivity contribution in [1.29, 1.82) is 0 Å². The third-order valence-corrected chi connectivity index (χ3v) is 4.80. The van der Waals surface area contributed by atoms with E-state index in [0.717, 1.165) is 10.9 Å². The molecule has 0 saturated heterocycles. The molecule has 0 aliphatic carbocycles. The van der Waals surface area contributed by atoms with E-state index < -0.39 is 0 Å². The number of hydrogen-bond donors (Lipinski definition) is 1. The highest BCUT2D eigenvalue weighted by molar-refractivity contribution is 5.88. The van der Waals surface area contributed by atoms with Gasteiger partial charge in [0, 0.05) is 36.0 Å². The van der Waals surface area contributed by atoms with Gasteiger partial charge in [0.1, 0.15) is 23.0 Å². The first-order valence-corrected chi connectivity index (χ1v) is 9.14. The Balaban J connectivity index is 1.41. The number of nitrogens with one attached hydrogen (secondary N) is 1. The Bertz CT molecular complexity index is 1180. The van der Waals surface area contributed by atoms with Gasteiger partial charge in [0.15, 0.2) is 0 Å². The number of imidazole rings is 1. The van der Waals surface area contributed by atoms with Crippen LogP contribution in [0.15, 0.2) is 59.5 Å². The SMILES string of the molecule is COc1ccc2c(CC(=O)NCc3ccc(-n4ccnc4C)c(F)c3)coc2c1. The molecular weight excluding hydrogens is 373 g/mol. The number of aromatic nitrogens is 2. The van der Waals surface area contributed by atoms with Crippen LogP contribution in [0.3, 0.4) is 0 Å². The molecule has 0 radical (unpaired) electrons. The van der Waals surface area contributed by atoms with Gasteiger partial charge in [-0.05, 0) is 36.8 Å².